The van der Waals surface area contributed by atoms with Crippen LogP contribution in [0.1, 0.15) is 13.3 Å². The van der Waals surface area contributed by atoms with Crippen LogP contribution in [0.3, 0.4) is 0 Å². The SMILES string of the molecule is CCCNc1nc(N)cc(-n2nc(Nc3ccccc3)nc2N)n1. The molecule has 24 heavy (non-hydrogen) atoms. The Labute approximate surface area is 139 Å². The molecule has 0 aliphatic rings. The van der Waals surface area contributed by atoms with E-state index in [1.807, 2.05) is 30.3 Å². The number of anilines is 5. The van der Waals surface area contributed by atoms with Gasteiger partial charge in [0.05, 0.1) is 0 Å². The van der Waals surface area contributed by atoms with Crippen LogP contribution < -0.4 is 22.1 Å². The summed E-state index contributed by atoms with van der Waals surface area (Å²) in [4.78, 5) is 12.7. The first kappa shape index (κ1) is 15.5. The summed E-state index contributed by atoms with van der Waals surface area (Å²) in [7, 11) is 0. The predicted octanol–water partition coefficient (Wildman–Crippen LogP) is 1.79. The molecular formula is C15H19N9. The number of hydrogen-bond acceptors (Lipinski definition) is 8. The standard InChI is InChI=1S/C15H19N9/c1-2-8-18-14-20-11(16)9-12(21-14)24-13(17)22-15(23-24)19-10-6-4-3-5-7-10/h3-7,9H,2,8H2,1H3,(H3,16,18,20,21)(H3,17,19,22,23). The number of nitrogens with two attached hydrogens (primary N) is 2. The minimum absolute atomic E-state index is 0.202. The first-order valence-corrected chi connectivity index (χ1v) is 7.59. The van der Waals surface area contributed by atoms with Crippen LogP contribution in [0.25, 0.3) is 5.82 Å². The summed E-state index contributed by atoms with van der Waals surface area (Å²) in [5.41, 5.74) is 12.7. The van der Waals surface area contributed by atoms with Crippen LogP contribution in [0.15, 0.2) is 36.4 Å². The van der Waals surface area contributed by atoms with Gasteiger partial charge in [-0.25, -0.2) is 0 Å². The molecule has 0 spiro atoms. The van der Waals surface area contributed by atoms with Crippen molar-refractivity contribution in [3.8, 4) is 5.82 Å². The van der Waals surface area contributed by atoms with E-state index >= 15 is 0 Å². The fourth-order valence-electron chi connectivity index (χ4n) is 2.07. The molecule has 0 atom stereocenters. The van der Waals surface area contributed by atoms with E-state index in [2.05, 4.69) is 37.6 Å². The van der Waals surface area contributed by atoms with Gasteiger partial charge in [0.15, 0.2) is 5.82 Å². The summed E-state index contributed by atoms with van der Waals surface area (Å²) in [6, 6.07) is 11.2. The zero-order chi connectivity index (χ0) is 16.9. The van der Waals surface area contributed by atoms with E-state index in [0.29, 0.717) is 23.5 Å². The quantitative estimate of drug-likeness (QED) is 0.539. The Morgan fingerprint density at radius 1 is 1.04 bits per heavy atom. The number of benzene rings is 1. The Hall–Kier alpha value is -3.36. The number of rotatable bonds is 6. The lowest BCUT2D eigenvalue weighted by Gasteiger charge is -2.07. The number of aromatic nitrogens is 5. The average molecular weight is 325 g/mol. The van der Waals surface area contributed by atoms with Crippen molar-refractivity contribution in [3.63, 3.8) is 0 Å². The molecule has 0 aliphatic heterocycles. The van der Waals surface area contributed by atoms with Crippen LogP contribution >= 0.6 is 0 Å². The van der Waals surface area contributed by atoms with Gasteiger partial charge >= 0.3 is 0 Å². The van der Waals surface area contributed by atoms with E-state index < -0.39 is 0 Å². The highest BCUT2D eigenvalue weighted by Crippen LogP contribution is 2.18. The molecule has 9 nitrogen and oxygen atoms in total. The van der Waals surface area contributed by atoms with E-state index in [1.165, 1.54) is 4.68 Å². The van der Waals surface area contributed by atoms with E-state index in [0.717, 1.165) is 18.7 Å². The fourth-order valence-corrected chi connectivity index (χ4v) is 2.07. The lowest BCUT2D eigenvalue weighted by atomic mass is 10.3. The maximum atomic E-state index is 5.96. The first-order valence-electron chi connectivity index (χ1n) is 7.59. The van der Waals surface area contributed by atoms with Gasteiger partial charge < -0.3 is 22.1 Å². The summed E-state index contributed by atoms with van der Waals surface area (Å²) >= 11 is 0. The molecule has 0 fully saturated rings. The van der Waals surface area contributed by atoms with Crippen molar-refractivity contribution in [2.75, 3.05) is 28.6 Å². The Morgan fingerprint density at radius 3 is 2.58 bits per heavy atom. The molecule has 0 unspecified atom stereocenters. The lowest BCUT2D eigenvalue weighted by molar-refractivity contribution is 0.849. The van der Waals surface area contributed by atoms with E-state index in [1.54, 1.807) is 6.07 Å². The van der Waals surface area contributed by atoms with Crippen molar-refractivity contribution in [3.05, 3.63) is 36.4 Å². The lowest BCUT2D eigenvalue weighted by Crippen LogP contribution is -2.11. The molecule has 124 valence electrons. The first-order chi connectivity index (χ1) is 11.7. The summed E-state index contributed by atoms with van der Waals surface area (Å²) in [6.45, 7) is 2.80. The maximum absolute atomic E-state index is 5.96. The van der Waals surface area contributed by atoms with E-state index in [9.17, 15) is 0 Å². The van der Waals surface area contributed by atoms with Gasteiger partial charge in [0.25, 0.3) is 0 Å². The van der Waals surface area contributed by atoms with Gasteiger partial charge in [0.2, 0.25) is 17.8 Å². The Kier molecular flexibility index (Phi) is 4.41. The van der Waals surface area contributed by atoms with Crippen LogP contribution in [-0.2, 0) is 0 Å². The summed E-state index contributed by atoms with van der Waals surface area (Å²) in [5.74, 6) is 1.78. The third kappa shape index (κ3) is 3.51. The zero-order valence-electron chi connectivity index (χ0n) is 13.3. The second-order valence-corrected chi connectivity index (χ2v) is 5.10. The minimum Gasteiger partial charge on any atom is -0.383 e. The van der Waals surface area contributed by atoms with Gasteiger partial charge in [-0.3, -0.25) is 0 Å². The van der Waals surface area contributed by atoms with Crippen molar-refractivity contribution in [2.45, 2.75) is 13.3 Å². The average Bonchev–Trinajstić information content (AvgIpc) is 2.94. The molecule has 0 amide bonds. The topological polar surface area (TPSA) is 133 Å². The van der Waals surface area contributed by atoms with Crippen LogP contribution in [0.5, 0.6) is 0 Å². The maximum Gasteiger partial charge on any atom is 0.248 e. The third-order valence-corrected chi connectivity index (χ3v) is 3.14. The molecule has 2 heterocycles. The van der Waals surface area contributed by atoms with Crippen LogP contribution in [0.2, 0.25) is 0 Å². The molecule has 0 saturated heterocycles. The second kappa shape index (κ2) is 6.82. The summed E-state index contributed by atoms with van der Waals surface area (Å²) in [6.07, 6.45) is 0.949. The molecule has 3 rings (SSSR count). The zero-order valence-corrected chi connectivity index (χ0v) is 13.3. The van der Waals surface area contributed by atoms with Crippen molar-refractivity contribution in [1.29, 1.82) is 0 Å². The fraction of sp³-hybridized carbons (Fsp3) is 0.200. The van der Waals surface area contributed by atoms with Gasteiger partial charge in [-0.05, 0) is 18.6 Å². The number of para-hydroxylation sites is 1. The molecule has 3 aromatic rings. The van der Waals surface area contributed by atoms with Crippen LogP contribution in [0.4, 0.5) is 29.4 Å². The van der Waals surface area contributed by atoms with Gasteiger partial charge in [0.1, 0.15) is 5.82 Å². The van der Waals surface area contributed by atoms with Crippen molar-refractivity contribution in [1.82, 2.24) is 24.7 Å². The van der Waals surface area contributed by atoms with Gasteiger partial charge in [-0.15, -0.1) is 5.10 Å². The normalized spacial score (nSPS) is 10.5. The Balaban J connectivity index is 1.88. The molecule has 9 heteroatoms. The number of nitrogen functional groups attached to an aromatic ring is 2. The monoisotopic (exact) mass is 325 g/mol. The van der Waals surface area contributed by atoms with E-state index in [4.69, 9.17) is 11.5 Å². The number of hydrogen-bond donors (Lipinski definition) is 4. The highest BCUT2D eigenvalue weighted by atomic mass is 15.4. The van der Waals surface area contributed by atoms with Crippen molar-refractivity contribution >= 4 is 29.4 Å². The number of nitrogens with one attached hydrogen (secondary N) is 2. The molecule has 0 bridgehead atoms. The smallest absolute Gasteiger partial charge is 0.248 e. The third-order valence-electron chi connectivity index (χ3n) is 3.14. The minimum atomic E-state index is 0.202. The van der Waals surface area contributed by atoms with Crippen molar-refractivity contribution in [2.24, 2.45) is 0 Å². The van der Waals surface area contributed by atoms with E-state index in [-0.39, 0.29) is 5.95 Å². The molecule has 0 saturated carbocycles. The molecule has 6 N–H and O–H groups in total. The Bertz CT molecular complexity index is 813. The highest BCUT2D eigenvalue weighted by molar-refractivity contribution is 5.54. The highest BCUT2D eigenvalue weighted by Gasteiger charge is 2.12. The number of nitrogens with zero attached hydrogens (tertiary/aromatic N) is 5. The molecule has 0 aliphatic carbocycles. The summed E-state index contributed by atoms with van der Waals surface area (Å²) < 4.78 is 1.42. The van der Waals surface area contributed by atoms with Crippen molar-refractivity contribution < 1.29 is 0 Å². The predicted molar refractivity (Wildman–Crippen MR) is 94.3 cm³/mol. The van der Waals surface area contributed by atoms with Crippen LogP contribution in [-0.4, -0.2) is 31.3 Å². The van der Waals surface area contributed by atoms with Gasteiger partial charge in [-0.1, -0.05) is 25.1 Å². The second-order valence-electron chi connectivity index (χ2n) is 5.10. The van der Waals surface area contributed by atoms with Gasteiger partial charge in [-0.2, -0.15) is 19.6 Å². The molecule has 1 aromatic carbocycles. The molecule has 2 aromatic heterocycles. The molecular weight excluding hydrogens is 306 g/mol. The Morgan fingerprint density at radius 2 is 1.83 bits per heavy atom. The van der Waals surface area contributed by atoms with Crippen LogP contribution in [0, 0.1) is 0 Å². The molecule has 0 radical (unpaired) electrons. The largest absolute Gasteiger partial charge is 0.383 e. The summed E-state index contributed by atoms with van der Waals surface area (Å²) in [5, 5.41) is 10.5. The van der Waals surface area contributed by atoms with Gasteiger partial charge in [0, 0.05) is 18.3 Å².